The maximum atomic E-state index is 11.8. The van der Waals surface area contributed by atoms with Crippen molar-refractivity contribution in [3.63, 3.8) is 0 Å². The predicted octanol–water partition coefficient (Wildman–Crippen LogP) is 2.78. The van der Waals surface area contributed by atoms with Crippen LogP contribution in [0.3, 0.4) is 0 Å². The first-order valence-corrected chi connectivity index (χ1v) is 8.99. The summed E-state index contributed by atoms with van der Waals surface area (Å²) < 4.78 is 12.1. The zero-order valence-corrected chi connectivity index (χ0v) is 14.9. The minimum absolute atomic E-state index is 0.210. The van der Waals surface area contributed by atoms with Gasteiger partial charge in [0, 0.05) is 29.8 Å². The summed E-state index contributed by atoms with van der Waals surface area (Å²) >= 11 is 1.41. The maximum Gasteiger partial charge on any atom is 0.343 e. The standard InChI is InChI=1S/C17H19N3O4S/c1-3-4-7-20-16(22)18-19-17(20)25-10-11-8-15(21)24-14-9-12(23-2)5-6-13(11)14/h5-6,8-9H,3-4,7,10H2,1-2H3,(H,18,22). The summed E-state index contributed by atoms with van der Waals surface area (Å²) in [5, 5.41) is 8.02. The van der Waals surface area contributed by atoms with Gasteiger partial charge in [0.25, 0.3) is 0 Å². The van der Waals surface area contributed by atoms with E-state index in [1.54, 1.807) is 17.7 Å². The molecule has 0 radical (unpaired) electrons. The second-order valence-electron chi connectivity index (χ2n) is 5.56. The van der Waals surface area contributed by atoms with E-state index in [1.165, 1.54) is 17.8 Å². The van der Waals surface area contributed by atoms with Gasteiger partial charge in [-0.05, 0) is 24.1 Å². The lowest BCUT2D eigenvalue weighted by atomic mass is 10.1. The van der Waals surface area contributed by atoms with E-state index in [0.717, 1.165) is 23.8 Å². The highest BCUT2D eigenvalue weighted by Gasteiger charge is 2.12. The number of H-pyrrole nitrogens is 1. The molecule has 0 fully saturated rings. The minimum Gasteiger partial charge on any atom is -0.497 e. The van der Waals surface area contributed by atoms with Crippen LogP contribution in [-0.4, -0.2) is 21.9 Å². The lowest BCUT2D eigenvalue weighted by Gasteiger charge is -2.07. The Morgan fingerprint density at radius 3 is 2.92 bits per heavy atom. The second-order valence-corrected chi connectivity index (χ2v) is 6.50. The molecule has 3 rings (SSSR count). The summed E-state index contributed by atoms with van der Waals surface area (Å²) in [7, 11) is 1.56. The Morgan fingerprint density at radius 1 is 1.32 bits per heavy atom. The number of nitrogens with zero attached hydrogens (tertiary/aromatic N) is 2. The number of thioether (sulfide) groups is 1. The van der Waals surface area contributed by atoms with E-state index in [2.05, 4.69) is 17.1 Å². The molecule has 8 heteroatoms. The molecule has 0 atom stereocenters. The molecule has 0 spiro atoms. The fourth-order valence-electron chi connectivity index (χ4n) is 2.53. The molecule has 3 aromatic rings. The van der Waals surface area contributed by atoms with Crippen molar-refractivity contribution in [2.45, 2.75) is 37.2 Å². The van der Waals surface area contributed by atoms with Crippen molar-refractivity contribution in [3.8, 4) is 5.75 Å². The highest BCUT2D eigenvalue weighted by molar-refractivity contribution is 7.98. The van der Waals surface area contributed by atoms with Gasteiger partial charge in [0.15, 0.2) is 5.16 Å². The van der Waals surface area contributed by atoms with Crippen LogP contribution in [0.25, 0.3) is 11.0 Å². The fraction of sp³-hybridized carbons (Fsp3) is 0.353. The molecule has 132 valence electrons. The van der Waals surface area contributed by atoms with Crippen molar-refractivity contribution in [1.29, 1.82) is 0 Å². The van der Waals surface area contributed by atoms with Crippen molar-refractivity contribution in [2.24, 2.45) is 0 Å². The number of methoxy groups -OCH3 is 1. The van der Waals surface area contributed by atoms with Crippen molar-refractivity contribution >= 4 is 22.7 Å². The number of hydrogen-bond acceptors (Lipinski definition) is 6. The zero-order valence-electron chi connectivity index (χ0n) is 14.1. The van der Waals surface area contributed by atoms with Gasteiger partial charge in [-0.2, -0.15) is 0 Å². The van der Waals surface area contributed by atoms with Crippen LogP contribution in [0.4, 0.5) is 0 Å². The number of nitrogens with one attached hydrogen (secondary N) is 1. The van der Waals surface area contributed by atoms with Crippen LogP contribution in [-0.2, 0) is 12.3 Å². The lowest BCUT2D eigenvalue weighted by molar-refractivity contribution is 0.414. The number of aromatic amines is 1. The number of aromatic nitrogens is 3. The fourth-order valence-corrected chi connectivity index (χ4v) is 3.49. The molecule has 2 aromatic heterocycles. The van der Waals surface area contributed by atoms with Crippen molar-refractivity contribution in [1.82, 2.24) is 14.8 Å². The van der Waals surface area contributed by atoms with Gasteiger partial charge in [0.2, 0.25) is 0 Å². The van der Waals surface area contributed by atoms with E-state index < -0.39 is 5.63 Å². The SMILES string of the molecule is CCCCn1c(SCc2cc(=O)oc3cc(OC)ccc23)n[nH]c1=O. The van der Waals surface area contributed by atoms with Gasteiger partial charge in [0.1, 0.15) is 11.3 Å². The van der Waals surface area contributed by atoms with Gasteiger partial charge in [-0.15, -0.1) is 5.10 Å². The van der Waals surface area contributed by atoms with Crippen LogP contribution >= 0.6 is 11.8 Å². The van der Waals surface area contributed by atoms with E-state index in [9.17, 15) is 9.59 Å². The molecule has 0 aliphatic rings. The van der Waals surface area contributed by atoms with Crippen LogP contribution in [0.1, 0.15) is 25.3 Å². The molecular weight excluding hydrogens is 342 g/mol. The van der Waals surface area contributed by atoms with Crippen LogP contribution in [0.5, 0.6) is 5.75 Å². The number of unbranched alkanes of at least 4 members (excludes halogenated alkanes) is 1. The molecule has 1 aromatic carbocycles. The maximum absolute atomic E-state index is 11.8. The average Bonchev–Trinajstić information content (AvgIpc) is 2.96. The topological polar surface area (TPSA) is 90.1 Å². The average molecular weight is 361 g/mol. The molecule has 1 N–H and O–H groups in total. The smallest absolute Gasteiger partial charge is 0.343 e. The van der Waals surface area contributed by atoms with E-state index in [-0.39, 0.29) is 5.69 Å². The molecule has 25 heavy (non-hydrogen) atoms. The third-order valence-corrected chi connectivity index (χ3v) is 4.88. The Labute approximate surface area is 148 Å². The number of benzene rings is 1. The summed E-state index contributed by atoms with van der Waals surface area (Å²) in [6, 6.07) is 6.85. The number of ether oxygens (including phenoxy) is 1. The van der Waals surface area contributed by atoms with Crippen LogP contribution < -0.4 is 16.1 Å². The lowest BCUT2D eigenvalue weighted by Crippen LogP contribution is -2.17. The van der Waals surface area contributed by atoms with E-state index in [1.807, 2.05) is 12.1 Å². The summed E-state index contributed by atoms with van der Waals surface area (Å²) in [4.78, 5) is 23.7. The molecule has 0 aliphatic heterocycles. The molecule has 0 aliphatic carbocycles. The Hall–Kier alpha value is -2.48. The van der Waals surface area contributed by atoms with Crippen molar-refractivity contribution < 1.29 is 9.15 Å². The predicted molar refractivity (Wildman–Crippen MR) is 96.4 cm³/mol. The van der Waals surface area contributed by atoms with Gasteiger partial charge in [-0.3, -0.25) is 4.57 Å². The van der Waals surface area contributed by atoms with Gasteiger partial charge in [-0.25, -0.2) is 14.7 Å². The molecule has 7 nitrogen and oxygen atoms in total. The highest BCUT2D eigenvalue weighted by atomic mass is 32.2. The van der Waals surface area contributed by atoms with E-state index >= 15 is 0 Å². The van der Waals surface area contributed by atoms with E-state index in [0.29, 0.717) is 28.8 Å². The second kappa shape index (κ2) is 7.60. The third kappa shape index (κ3) is 3.79. The quantitative estimate of drug-likeness (QED) is 0.514. The Balaban J connectivity index is 1.89. The van der Waals surface area contributed by atoms with Gasteiger partial charge in [0.05, 0.1) is 7.11 Å². The first-order chi connectivity index (χ1) is 12.1. The van der Waals surface area contributed by atoms with E-state index in [4.69, 9.17) is 9.15 Å². The normalized spacial score (nSPS) is 11.1. The van der Waals surface area contributed by atoms with Crippen molar-refractivity contribution in [2.75, 3.05) is 7.11 Å². The van der Waals surface area contributed by atoms with Crippen LogP contribution in [0, 0.1) is 0 Å². The van der Waals surface area contributed by atoms with Gasteiger partial charge >= 0.3 is 11.3 Å². The van der Waals surface area contributed by atoms with Crippen molar-refractivity contribution in [3.05, 3.63) is 50.7 Å². The molecule has 2 heterocycles. The Kier molecular flexibility index (Phi) is 5.28. The Bertz CT molecular complexity index is 989. The third-order valence-electron chi connectivity index (χ3n) is 3.85. The summed E-state index contributed by atoms with van der Waals surface area (Å²) in [5.41, 5.74) is 0.684. The molecule has 0 bridgehead atoms. The van der Waals surface area contributed by atoms with Crippen LogP contribution in [0.15, 0.2) is 43.4 Å². The van der Waals surface area contributed by atoms with Gasteiger partial charge < -0.3 is 9.15 Å². The molecule has 0 saturated carbocycles. The Morgan fingerprint density at radius 2 is 2.16 bits per heavy atom. The molecule has 0 unspecified atom stereocenters. The zero-order chi connectivity index (χ0) is 17.8. The number of fused-ring (bicyclic) bond motifs is 1. The summed E-state index contributed by atoms with van der Waals surface area (Å²) in [5.74, 6) is 1.13. The molecule has 0 saturated heterocycles. The first kappa shape index (κ1) is 17.3. The first-order valence-electron chi connectivity index (χ1n) is 8.01. The molecular formula is C17H19N3O4S. The van der Waals surface area contributed by atoms with Crippen LogP contribution in [0.2, 0.25) is 0 Å². The molecule has 0 amide bonds. The summed E-state index contributed by atoms with van der Waals surface area (Å²) in [6.45, 7) is 2.70. The summed E-state index contributed by atoms with van der Waals surface area (Å²) in [6.07, 6.45) is 1.90. The largest absolute Gasteiger partial charge is 0.497 e. The highest BCUT2D eigenvalue weighted by Crippen LogP contribution is 2.27. The minimum atomic E-state index is -0.415. The monoisotopic (exact) mass is 361 g/mol. The number of hydrogen-bond donors (Lipinski definition) is 1. The number of rotatable bonds is 7. The van der Waals surface area contributed by atoms with Gasteiger partial charge in [-0.1, -0.05) is 25.1 Å².